The first-order chi connectivity index (χ1) is 15.5. The van der Waals surface area contributed by atoms with E-state index in [0.29, 0.717) is 31.4 Å². The second-order valence-electron chi connectivity index (χ2n) is 8.80. The third kappa shape index (κ3) is 7.59. The number of hydrogen-bond donors (Lipinski definition) is 2. The Kier molecular flexibility index (Phi) is 8.96. The second-order valence-corrected chi connectivity index (χ2v) is 8.80. The molecule has 0 saturated carbocycles. The van der Waals surface area contributed by atoms with Crippen molar-refractivity contribution in [1.29, 1.82) is 0 Å². The number of benzene rings is 2. The molecule has 172 valence electrons. The first-order valence-corrected chi connectivity index (χ1v) is 11.5. The third-order valence-corrected chi connectivity index (χ3v) is 5.53. The average Bonchev–Trinajstić information content (AvgIpc) is 3.16. The Labute approximate surface area is 192 Å². The normalized spacial score (nSPS) is 16.5. The lowest BCUT2D eigenvalue weighted by Crippen LogP contribution is -2.40. The van der Waals surface area contributed by atoms with Gasteiger partial charge in [-0.05, 0) is 35.6 Å². The zero-order valence-electron chi connectivity index (χ0n) is 19.5. The van der Waals surface area contributed by atoms with Crippen LogP contribution < -0.4 is 15.4 Å². The standard InChI is InChI=1S/C26H36N4O2/c1-20(2)19-32-24-11-7-10-22(14-24)16-28-26(27-3)29-17-23-15-25(31)30(18-23)13-12-21-8-5-4-6-9-21/h4-11,14,20,23H,12-13,15-19H2,1-3H3,(H2,27,28,29). The van der Waals surface area contributed by atoms with Gasteiger partial charge in [-0.15, -0.1) is 0 Å². The number of carbonyl (C=O) groups excluding carboxylic acids is 1. The summed E-state index contributed by atoms with van der Waals surface area (Å²) in [7, 11) is 1.77. The van der Waals surface area contributed by atoms with Gasteiger partial charge in [-0.1, -0.05) is 56.3 Å². The number of rotatable bonds is 10. The van der Waals surface area contributed by atoms with Crippen molar-refractivity contribution in [2.24, 2.45) is 16.8 Å². The molecule has 2 aromatic carbocycles. The molecule has 0 aromatic heterocycles. The van der Waals surface area contributed by atoms with Gasteiger partial charge >= 0.3 is 0 Å². The molecule has 1 aliphatic heterocycles. The van der Waals surface area contributed by atoms with Crippen LogP contribution in [0, 0.1) is 11.8 Å². The van der Waals surface area contributed by atoms with E-state index < -0.39 is 0 Å². The number of amides is 1. The SMILES string of the molecule is CN=C(NCc1cccc(OCC(C)C)c1)NCC1CC(=O)N(CCc2ccccc2)C1. The molecule has 1 amide bonds. The molecule has 1 unspecified atom stereocenters. The number of hydrogen-bond acceptors (Lipinski definition) is 3. The summed E-state index contributed by atoms with van der Waals surface area (Å²) in [6, 6.07) is 18.5. The third-order valence-electron chi connectivity index (χ3n) is 5.53. The van der Waals surface area contributed by atoms with Crippen molar-refractivity contribution in [2.45, 2.75) is 33.2 Å². The second kappa shape index (κ2) is 12.1. The number of guanidine groups is 1. The van der Waals surface area contributed by atoms with E-state index in [4.69, 9.17) is 4.74 Å². The smallest absolute Gasteiger partial charge is 0.223 e. The lowest BCUT2D eigenvalue weighted by Gasteiger charge is -2.18. The van der Waals surface area contributed by atoms with E-state index in [2.05, 4.69) is 53.7 Å². The van der Waals surface area contributed by atoms with E-state index in [1.165, 1.54) is 5.56 Å². The Morgan fingerprint density at radius 2 is 1.91 bits per heavy atom. The summed E-state index contributed by atoms with van der Waals surface area (Å²) in [4.78, 5) is 18.7. The summed E-state index contributed by atoms with van der Waals surface area (Å²) < 4.78 is 5.81. The molecular formula is C26H36N4O2. The molecule has 0 radical (unpaired) electrons. The van der Waals surface area contributed by atoms with Gasteiger partial charge < -0.3 is 20.3 Å². The van der Waals surface area contributed by atoms with Gasteiger partial charge in [-0.2, -0.15) is 0 Å². The van der Waals surface area contributed by atoms with E-state index in [9.17, 15) is 4.79 Å². The van der Waals surface area contributed by atoms with Gasteiger partial charge in [0.2, 0.25) is 5.91 Å². The minimum absolute atomic E-state index is 0.244. The number of aliphatic imine (C=N–C) groups is 1. The van der Waals surface area contributed by atoms with E-state index in [1.54, 1.807) is 7.05 Å². The molecule has 0 spiro atoms. The van der Waals surface area contributed by atoms with Crippen LogP contribution >= 0.6 is 0 Å². The largest absolute Gasteiger partial charge is 0.493 e. The molecule has 2 aromatic rings. The lowest BCUT2D eigenvalue weighted by atomic mass is 10.1. The number of ether oxygens (including phenoxy) is 1. The van der Waals surface area contributed by atoms with Crippen LogP contribution in [0.1, 0.15) is 31.4 Å². The number of nitrogens with one attached hydrogen (secondary N) is 2. The lowest BCUT2D eigenvalue weighted by molar-refractivity contribution is -0.127. The predicted octanol–water partition coefficient (Wildman–Crippen LogP) is 3.48. The Morgan fingerprint density at radius 1 is 1.12 bits per heavy atom. The summed E-state index contributed by atoms with van der Waals surface area (Å²) in [5.41, 5.74) is 2.41. The van der Waals surface area contributed by atoms with Crippen molar-refractivity contribution < 1.29 is 9.53 Å². The first kappa shape index (κ1) is 23.6. The Hall–Kier alpha value is -3.02. The van der Waals surface area contributed by atoms with Crippen LogP contribution in [-0.4, -0.2) is 50.1 Å². The van der Waals surface area contributed by atoms with Crippen LogP contribution in [0.2, 0.25) is 0 Å². The van der Waals surface area contributed by atoms with Gasteiger partial charge in [-0.3, -0.25) is 9.79 Å². The molecule has 6 heteroatoms. The maximum atomic E-state index is 12.4. The molecule has 1 atom stereocenters. The van der Waals surface area contributed by atoms with Crippen LogP contribution in [0.4, 0.5) is 0 Å². The van der Waals surface area contributed by atoms with Gasteiger partial charge in [0, 0.05) is 45.6 Å². The zero-order valence-corrected chi connectivity index (χ0v) is 19.5. The number of nitrogens with zero attached hydrogens (tertiary/aromatic N) is 2. The van der Waals surface area contributed by atoms with E-state index in [0.717, 1.165) is 43.3 Å². The Bertz CT molecular complexity index is 882. The van der Waals surface area contributed by atoms with Gasteiger partial charge in [0.1, 0.15) is 5.75 Å². The average molecular weight is 437 g/mol. The molecule has 0 aliphatic carbocycles. The summed E-state index contributed by atoms with van der Waals surface area (Å²) in [6.07, 6.45) is 1.49. The Morgan fingerprint density at radius 3 is 2.66 bits per heavy atom. The van der Waals surface area contributed by atoms with Gasteiger partial charge in [0.25, 0.3) is 0 Å². The molecule has 1 fully saturated rings. The fraction of sp³-hybridized carbons (Fsp3) is 0.462. The van der Waals surface area contributed by atoms with Crippen molar-refractivity contribution in [3.63, 3.8) is 0 Å². The summed E-state index contributed by atoms with van der Waals surface area (Å²) in [5.74, 6) is 2.67. The minimum atomic E-state index is 0.244. The van der Waals surface area contributed by atoms with Crippen molar-refractivity contribution in [3.05, 3.63) is 65.7 Å². The van der Waals surface area contributed by atoms with Crippen LogP contribution in [0.25, 0.3) is 0 Å². The minimum Gasteiger partial charge on any atom is -0.493 e. The highest BCUT2D eigenvalue weighted by molar-refractivity contribution is 5.80. The fourth-order valence-electron chi connectivity index (χ4n) is 3.77. The van der Waals surface area contributed by atoms with Gasteiger partial charge in [0.05, 0.1) is 6.61 Å². The van der Waals surface area contributed by atoms with Gasteiger partial charge in [-0.25, -0.2) is 0 Å². The molecule has 3 rings (SSSR count). The highest BCUT2D eigenvalue weighted by Crippen LogP contribution is 2.18. The molecule has 32 heavy (non-hydrogen) atoms. The fourth-order valence-corrected chi connectivity index (χ4v) is 3.77. The number of carbonyl (C=O) groups is 1. The number of likely N-dealkylation sites (tertiary alicyclic amines) is 1. The Balaban J connectivity index is 1.41. The highest BCUT2D eigenvalue weighted by Gasteiger charge is 2.29. The van der Waals surface area contributed by atoms with Crippen LogP contribution in [0.3, 0.4) is 0 Å². The first-order valence-electron chi connectivity index (χ1n) is 11.5. The van der Waals surface area contributed by atoms with Crippen LogP contribution in [-0.2, 0) is 17.8 Å². The predicted molar refractivity (Wildman–Crippen MR) is 130 cm³/mol. The molecule has 1 saturated heterocycles. The maximum Gasteiger partial charge on any atom is 0.223 e. The van der Waals surface area contributed by atoms with Crippen molar-refractivity contribution >= 4 is 11.9 Å². The zero-order chi connectivity index (χ0) is 22.8. The summed E-state index contributed by atoms with van der Waals surface area (Å²) in [6.45, 7) is 7.95. The quantitative estimate of drug-likeness (QED) is 0.442. The highest BCUT2D eigenvalue weighted by atomic mass is 16.5. The van der Waals surface area contributed by atoms with E-state index in [1.807, 2.05) is 35.2 Å². The molecular weight excluding hydrogens is 400 g/mol. The van der Waals surface area contributed by atoms with Gasteiger partial charge in [0.15, 0.2) is 5.96 Å². The van der Waals surface area contributed by atoms with Crippen LogP contribution in [0.5, 0.6) is 5.75 Å². The monoisotopic (exact) mass is 436 g/mol. The maximum absolute atomic E-state index is 12.4. The van der Waals surface area contributed by atoms with Crippen molar-refractivity contribution in [2.75, 3.05) is 33.3 Å². The van der Waals surface area contributed by atoms with Crippen molar-refractivity contribution in [1.82, 2.24) is 15.5 Å². The topological polar surface area (TPSA) is 66.0 Å². The molecule has 1 aliphatic rings. The molecule has 0 bridgehead atoms. The van der Waals surface area contributed by atoms with Crippen molar-refractivity contribution in [3.8, 4) is 5.75 Å². The van der Waals surface area contributed by atoms with E-state index >= 15 is 0 Å². The summed E-state index contributed by atoms with van der Waals surface area (Å²) >= 11 is 0. The van der Waals surface area contributed by atoms with E-state index in [-0.39, 0.29) is 5.91 Å². The summed E-state index contributed by atoms with van der Waals surface area (Å²) in [5, 5.41) is 6.74. The molecule has 6 nitrogen and oxygen atoms in total. The van der Waals surface area contributed by atoms with Crippen LogP contribution in [0.15, 0.2) is 59.6 Å². The molecule has 1 heterocycles. The molecule has 2 N–H and O–H groups in total.